The van der Waals surface area contributed by atoms with Crippen molar-refractivity contribution >= 4 is 16.6 Å². The molecule has 0 radical (unpaired) electrons. The number of piperidine rings is 1. The van der Waals surface area contributed by atoms with Crippen LogP contribution in [0, 0.1) is 0 Å². The van der Waals surface area contributed by atoms with Crippen LogP contribution < -0.4 is 9.64 Å². The molecule has 27 heavy (non-hydrogen) atoms. The molecule has 0 amide bonds. The van der Waals surface area contributed by atoms with E-state index in [1.54, 1.807) is 12.3 Å². The number of para-hydroxylation sites is 2. The summed E-state index contributed by atoms with van der Waals surface area (Å²) in [4.78, 5) is 6.63. The summed E-state index contributed by atoms with van der Waals surface area (Å²) in [6.45, 7) is 1.46. The average Bonchev–Trinajstić information content (AvgIpc) is 2.68. The number of benzene rings is 2. The Hall–Kier alpha value is -2.76. The van der Waals surface area contributed by atoms with Crippen molar-refractivity contribution in [2.45, 2.75) is 25.1 Å². The molecule has 1 aliphatic rings. The Kier molecular flexibility index (Phi) is 4.64. The lowest BCUT2D eigenvalue weighted by atomic mass is 10.0. The molecular weight excluding hydrogens is 353 g/mol. The first-order valence-electron chi connectivity index (χ1n) is 8.94. The Morgan fingerprint density at radius 3 is 2.41 bits per heavy atom. The van der Waals surface area contributed by atoms with Crippen molar-refractivity contribution in [3.05, 3.63) is 66.4 Å². The van der Waals surface area contributed by atoms with Crippen molar-refractivity contribution in [1.82, 2.24) is 4.98 Å². The van der Waals surface area contributed by atoms with Crippen LogP contribution in [0.3, 0.4) is 0 Å². The van der Waals surface area contributed by atoms with Gasteiger partial charge in [-0.1, -0.05) is 30.3 Å². The lowest BCUT2D eigenvalue weighted by molar-refractivity contribution is -0.139. The number of ether oxygens (including phenoxy) is 1. The van der Waals surface area contributed by atoms with Crippen LogP contribution in [0.1, 0.15) is 18.4 Å². The van der Waals surface area contributed by atoms with Gasteiger partial charge in [-0.25, -0.2) is 0 Å². The third kappa shape index (κ3) is 3.70. The molecule has 1 aliphatic heterocycles. The molecule has 0 saturated carbocycles. The van der Waals surface area contributed by atoms with E-state index in [-0.39, 0.29) is 11.9 Å². The van der Waals surface area contributed by atoms with Crippen molar-refractivity contribution in [2.24, 2.45) is 0 Å². The van der Waals surface area contributed by atoms with Gasteiger partial charge in [0.05, 0.1) is 11.1 Å². The maximum atomic E-state index is 13.1. The first-order chi connectivity index (χ1) is 13.0. The largest absolute Gasteiger partial charge is 0.490 e. The molecule has 1 fully saturated rings. The Labute approximate surface area is 155 Å². The quantitative estimate of drug-likeness (QED) is 0.624. The number of nitrogens with zero attached hydrogens (tertiary/aromatic N) is 2. The predicted octanol–water partition coefficient (Wildman–Crippen LogP) is 5.30. The Morgan fingerprint density at radius 1 is 0.926 bits per heavy atom. The lowest BCUT2D eigenvalue weighted by Crippen LogP contribution is -2.38. The highest BCUT2D eigenvalue weighted by atomic mass is 19.4. The van der Waals surface area contributed by atoms with E-state index in [1.165, 1.54) is 12.1 Å². The summed E-state index contributed by atoms with van der Waals surface area (Å²) >= 11 is 0. The Morgan fingerprint density at radius 2 is 1.63 bits per heavy atom. The Balaban J connectivity index is 1.47. The molecule has 1 aromatic heterocycles. The molecule has 0 aliphatic carbocycles. The molecule has 2 heterocycles. The second kappa shape index (κ2) is 7.10. The minimum absolute atomic E-state index is 0.0854. The predicted molar refractivity (Wildman–Crippen MR) is 99.1 cm³/mol. The molecule has 0 unspecified atom stereocenters. The van der Waals surface area contributed by atoms with Gasteiger partial charge in [-0.3, -0.25) is 4.98 Å². The van der Waals surface area contributed by atoms with Crippen LogP contribution in [0.4, 0.5) is 18.9 Å². The molecular formula is C21H19F3N2O. The van der Waals surface area contributed by atoms with Crippen LogP contribution in [0.15, 0.2) is 60.8 Å². The van der Waals surface area contributed by atoms with Gasteiger partial charge in [-0.2, -0.15) is 13.2 Å². The van der Waals surface area contributed by atoms with E-state index in [4.69, 9.17) is 4.74 Å². The fraction of sp³-hybridized carbons (Fsp3) is 0.286. The summed E-state index contributed by atoms with van der Waals surface area (Å²) in [5.41, 5.74) is 1.33. The number of pyridine rings is 1. The summed E-state index contributed by atoms with van der Waals surface area (Å²) in [5.74, 6) is -0.0854. The van der Waals surface area contributed by atoms with Gasteiger partial charge in [0.1, 0.15) is 11.9 Å². The van der Waals surface area contributed by atoms with E-state index < -0.39 is 11.7 Å². The maximum absolute atomic E-state index is 13.1. The minimum Gasteiger partial charge on any atom is -0.490 e. The fourth-order valence-corrected chi connectivity index (χ4v) is 3.55. The van der Waals surface area contributed by atoms with E-state index in [0.717, 1.165) is 35.7 Å². The van der Waals surface area contributed by atoms with Crippen molar-refractivity contribution in [3.63, 3.8) is 0 Å². The molecule has 0 atom stereocenters. The van der Waals surface area contributed by atoms with E-state index in [1.807, 2.05) is 30.3 Å². The van der Waals surface area contributed by atoms with Crippen LogP contribution in [0.2, 0.25) is 0 Å². The second-order valence-electron chi connectivity index (χ2n) is 6.65. The first kappa shape index (κ1) is 17.6. The van der Waals surface area contributed by atoms with Crippen molar-refractivity contribution in [2.75, 3.05) is 18.0 Å². The van der Waals surface area contributed by atoms with Crippen LogP contribution in [-0.2, 0) is 6.18 Å². The summed E-state index contributed by atoms with van der Waals surface area (Å²) in [5, 5.41) is 1.08. The van der Waals surface area contributed by atoms with Gasteiger partial charge in [0.25, 0.3) is 0 Å². The monoisotopic (exact) mass is 372 g/mol. The number of fused-ring (bicyclic) bond motifs is 1. The fourth-order valence-electron chi connectivity index (χ4n) is 3.55. The highest BCUT2D eigenvalue weighted by Crippen LogP contribution is 2.37. The zero-order chi connectivity index (χ0) is 18.9. The zero-order valence-electron chi connectivity index (χ0n) is 14.6. The Bertz CT molecular complexity index is 929. The van der Waals surface area contributed by atoms with Gasteiger partial charge >= 0.3 is 6.18 Å². The molecule has 4 rings (SSSR count). The maximum Gasteiger partial charge on any atom is 0.419 e. The molecule has 0 N–H and O–H groups in total. The van der Waals surface area contributed by atoms with Crippen LogP contribution in [-0.4, -0.2) is 24.2 Å². The zero-order valence-corrected chi connectivity index (χ0v) is 14.6. The number of alkyl halides is 3. The molecule has 6 heteroatoms. The first-order valence-corrected chi connectivity index (χ1v) is 8.94. The number of hydrogen-bond acceptors (Lipinski definition) is 3. The lowest BCUT2D eigenvalue weighted by Gasteiger charge is -2.34. The molecule has 1 saturated heterocycles. The van der Waals surface area contributed by atoms with Crippen LogP contribution in [0.25, 0.3) is 10.9 Å². The third-order valence-corrected chi connectivity index (χ3v) is 4.89. The summed E-state index contributed by atoms with van der Waals surface area (Å²) in [6.07, 6.45) is -1.50. The second-order valence-corrected chi connectivity index (χ2v) is 6.65. The normalized spacial score (nSPS) is 15.9. The number of anilines is 1. The molecule has 0 bridgehead atoms. The summed E-state index contributed by atoms with van der Waals surface area (Å²) in [7, 11) is 0. The van der Waals surface area contributed by atoms with Gasteiger partial charge in [-0.15, -0.1) is 0 Å². The summed E-state index contributed by atoms with van der Waals surface area (Å²) < 4.78 is 45.1. The third-order valence-electron chi connectivity index (χ3n) is 4.89. The van der Waals surface area contributed by atoms with Gasteiger partial charge in [0, 0.05) is 43.2 Å². The average molecular weight is 372 g/mol. The number of halogens is 3. The standard InChI is InChI=1S/C21H19F3N2O/c22-21(23,24)17-6-2-4-8-20(17)27-15-10-13-26(14-11-15)19-9-12-25-18-7-3-1-5-16(18)19/h1-9,12,15H,10-11,13-14H2. The highest BCUT2D eigenvalue weighted by Gasteiger charge is 2.35. The van der Waals surface area contributed by atoms with Crippen LogP contribution in [0.5, 0.6) is 5.75 Å². The minimum atomic E-state index is -4.41. The SMILES string of the molecule is FC(F)(F)c1ccccc1OC1CCN(c2ccnc3ccccc23)CC1. The van der Waals surface area contributed by atoms with E-state index in [2.05, 4.69) is 9.88 Å². The van der Waals surface area contributed by atoms with Gasteiger partial charge < -0.3 is 9.64 Å². The molecule has 3 nitrogen and oxygen atoms in total. The van der Waals surface area contributed by atoms with Gasteiger partial charge in [0.15, 0.2) is 0 Å². The van der Waals surface area contributed by atoms with E-state index in [9.17, 15) is 13.2 Å². The van der Waals surface area contributed by atoms with Crippen molar-refractivity contribution < 1.29 is 17.9 Å². The van der Waals surface area contributed by atoms with E-state index >= 15 is 0 Å². The number of rotatable bonds is 3. The summed E-state index contributed by atoms with van der Waals surface area (Å²) in [6, 6.07) is 15.4. The molecule has 3 aromatic rings. The molecule has 0 spiro atoms. The van der Waals surface area contributed by atoms with Gasteiger partial charge in [0.2, 0.25) is 0 Å². The topological polar surface area (TPSA) is 25.4 Å². The molecule has 2 aromatic carbocycles. The number of hydrogen-bond donors (Lipinski definition) is 0. The molecule has 140 valence electrons. The van der Waals surface area contributed by atoms with Crippen LogP contribution >= 0.6 is 0 Å². The van der Waals surface area contributed by atoms with E-state index in [0.29, 0.717) is 12.8 Å². The highest BCUT2D eigenvalue weighted by molar-refractivity contribution is 5.91. The van der Waals surface area contributed by atoms with Crippen molar-refractivity contribution in [3.8, 4) is 5.75 Å². The number of aromatic nitrogens is 1. The smallest absolute Gasteiger partial charge is 0.419 e. The van der Waals surface area contributed by atoms with Gasteiger partial charge in [-0.05, 0) is 24.3 Å². The van der Waals surface area contributed by atoms with Crippen molar-refractivity contribution in [1.29, 1.82) is 0 Å².